The van der Waals surface area contributed by atoms with Crippen molar-refractivity contribution >= 4 is 40.6 Å². The maximum atomic E-state index is 5.67. The van der Waals surface area contributed by atoms with Crippen LogP contribution in [0.4, 0.5) is 5.82 Å². The van der Waals surface area contributed by atoms with Crippen molar-refractivity contribution in [1.82, 2.24) is 19.9 Å². The van der Waals surface area contributed by atoms with Crippen LogP contribution in [0.25, 0.3) is 0 Å². The highest BCUT2D eigenvalue weighted by molar-refractivity contribution is 6.32. The van der Waals surface area contributed by atoms with E-state index in [-0.39, 0.29) is 0 Å². The smallest absolute Gasteiger partial charge is 0.149 e. The number of halogens is 3. The minimum atomic E-state index is 0.317. The molecule has 0 unspecified atom stereocenters. The lowest BCUT2D eigenvalue weighted by Gasteiger charge is -2.01. The summed E-state index contributed by atoms with van der Waals surface area (Å²) in [5, 5.41) is 4.04. The number of furan rings is 1. The van der Waals surface area contributed by atoms with Gasteiger partial charge in [0.25, 0.3) is 0 Å². The lowest BCUT2D eigenvalue weighted by atomic mass is 10.4. The van der Waals surface area contributed by atoms with Crippen molar-refractivity contribution in [1.29, 1.82) is 0 Å². The molecule has 0 saturated carbocycles. The number of hydrogen-bond acceptors (Lipinski definition) is 6. The summed E-state index contributed by atoms with van der Waals surface area (Å²) in [6.07, 6.45) is 7.57. The lowest BCUT2D eigenvalue weighted by molar-refractivity contribution is 0.518. The zero-order valence-corrected chi connectivity index (χ0v) is 13.3. The van der Waals surface area contributed by atoms with E-state index in [1.165, 1.54) is 18.6 Å². The Labute approximate surface area is 141 Å². The van der Waals surface area contributed by atoms with Crippen molar-refractivity contribution in [2.45, 2.75) is 6.54 Å². The molecule has 114 valence electrons. The number of hydrogen-bond donors (Lipinski definition) is 1. The Kier molecular flexibility index (Phi) is 6.39. The first kappa shape index (κ1) is 16.5. The molecule has 1 N–H and O–H groups in total. The van der Waals surface area contributed by atoms with Crippen LogP contribution >= 0.6 is 34.8 Å². The Balaban J connectivity index is 0.000000188. The summed E-state index contributed by atoms with van der Waals surface area (Å²) in [6.45, 7) is 0.571. The molecule has 0 spiro atoms. The van der Waals surface area contributed by atoms with E-state index in [1.807, 2.05) is 12.1 Å². The van der Waals surface area contributed by atoms with E-state index in [4.69, 9.17) is 39.2 Å². The molecule has 3 aromatic heterocycles. The number of rotatable bonds is 3. The van der Waals surface area contributed by atoms with Crippen molar-refractivity contribution < 1.29 is 4.42 Å². The fraction of sp³-hybridized carbons (Fsp3) is 0.0769. The Morgan fingerprint density at radius 2 is 1.55 bits per heavy atom. The van der Waals surface area contributed by atoms with Crippen molar-refractivity contribution in [3.63, 3.8) is 0 Å². The van der Waals surface area contributed by atoms with Crippen LogP contribution in [-0.4, -0.2) is 19.9 Å². The second-order valence-corrected chi connectivity index (χ2v) is 4.99. The number of aromatic nitrogens is 4. The minimum absolute atomic E-state index is 0.317. The van der Waals surface area contributed by atoms with Gasteiger partial charge in [-0.05, 0) is 12.1 Å². The van der Waals surface area contributed by atoms with Gasteiger partial charge >= 0.3 is 0 Å². The fourth-order valence-corrected chi connectivity index (χ4v) is 1.82. The van der Waals surface area contributed by atoms with Crippen LogP contribution in [0.3, 0.4) is 0 Å². The minimum Gasteiger partial charge on any atom is -0.467 e. The van der Waals surface area contributed by atoms with Crippen molar-refractivity contribution in [3.05, 3.63) is 64.4 Å². The van der Waals surface area contributed by atoms with Gasteiger partial charge in [0.1, 0.15) is 27.0 Å². The molecule has 6 nitrogen and oxygen atoms in total. The summed E-state index contributed by atoms with van der Waals surface area (Å²) in [6, 6.07) is 3.71. The van der Waals surface area contributed by atoms with Crippen LogP contribution in [0.2, 0.25) is 15.5 Å². The van der Waals surface area contributed by atoms with E-state index >= 15 is 0 Å². The van der Waals surface area contributed by atoms with E-state index in [2.05, 4.69) is 25.3 Å². The van der Waals surface area contributed by atoms with Gasteiger partial charge in [-0.1, -0.05) is 34.8 Å². The maximum Gasteiger partial charge on any atom is 0.149 e. The van der Waals surface area contributed by atoms with Gasteiger partial charge in [0, 0.05) is 0 Å². The summed E-state index contributed by atoms with van der Waals surface area (Å²) >= 11 is 16.4. The Morgan fingerprint density at radius 1 is 0.909 bits per heavy atom. The van der Waals surface area contributed by atoms with Gasteiger partial charge < -0.3 is 9.73 Å². The van der Waals surface area contributed by atoms with Gasteiger partial charge in [0.15, 0.2) is 0 Å². The average Bonchev–Trinajstić information content (AvgIpc) is 2.99. The number of nitrogens with one attached hydrogen (secondary N) is 1. The second kappa shape index (κ2) is 8.53. The topological polar surface area (TPSA) is 76.7 Å². The van der Waals surface area contributed by atoms with Crippen LogP contribution < -0.4 is 5.32 Å². The molecule has 0 aliphatic carbocycles. The summed E-state index contributed by atoms with van der Waals surface area (Å²) in [5.74, 6) is 1.47. The van der Waals surface area contributed by atoms with Crippen LogP contribution in [0, 0.1) is 0 Å². The highest BCUT2D eigenvalue weighted by Crippen LogP contribution is 2.09. The molecule has 0 radical (unpaired) electrons. The van der Waals surface area contributed by atoms with E-state index in [0.717, 1.165) is 5.76 Å². The molecule has 22 heavy (non-hydrogen) atoms. The molecule has 3 heterocycles. The van der Waals surface area contributed by atoms with Crippen molar-refractivity contribution in [2.75, 3.05) is 5.32 Å². The largest absolute Gasteiger partial charge is 0.467 e. The van der Waals surface area contributed by atoms with Gasteiger partial charge in [-0.2, -0.15) is 0 Å². The zero-order chi connectivity index (χ0) is 15.8. The van der Waals surface area contributed by atoms with Crippen molar-refractivity contribution in [2.24, 2.45) is 0 Å². The maximum absolute atomic E-state index is 5.67. The monoisotopic (exact) mass is 357 g/mol. The molecule has 0 aromatic carbocycles. The van der Waals surface area contributed by atoms with Gasteiger partial charge in [0.2, 0.25) is 0 Å². The molecular formula is C13H10Cl3N5O. The Bertz CT molecular complexity index is 691. The summed E-state index contributed by atoms with van der Waals surface area (Å²) < 4.78 is 5.14. The first-order valence-corrected chi connectivity index (χ1v) is 7.14. The standard InChI is InChI=1S/C9H8ClN3O.C4H2Cl2N2/c10-8-5-11-6-9(13-8)12-4-7-2-1-3-14-7;5-3-1-7-2-4(6)8-3/h1-3,5-6H,4H2,(H,12,13);1-2H. The van der Waals surface area contributed by atoms with Crippen LogP contribution in [0.5, 0.6) is 0 Å². The van der Waals surface area contributed by atoms with Crippen LogP contribution in [0.15, 0.2) is 47.6 Å². The third-order valence-corrected chi connectivity index (χ3v) is 2.75. The molecule has 0 aliphatic rings. The third-order valence-electron chi connectivity index (χ3n) is 2.20. The van der Waals surface area contributed by atoms with E-state index < -0.39 is 0 Å². The number of nitrogens with zero attached hydrogens (tertiary/aromatic N) is 4. The lowest BCUT2D eigenvalue weighted by Crippen LogP contribution is -2.00. The predicted octanol–water partition coefficient (Wildman–Crippen LogP) is 4.12. The molecule has 0 saturated heterocycles. The normalized spacial score (nSPS) is 9.77. The Morgan fingerprint density at radius 3 is 2.05 bits per heavy atom. The summed E-state index contributed by atoms with van der Waals surface area (Å²) in [4.78, 5) is 15.2. The molecule has 3 rings (SSSR count). The SMILES string of the molecule is Clc1cncc(Cl)n1.Clc1cncc(NCc2ccco2)n1. The molecule has 3 aromatic rings. The molecule has 0 aliphatic heterocycles. The van der Waals surface area contributed by atoms with Gasteiger partial charge in [-0.15, -0.1) is 0 Å². The van der Waals surface area contributed by atoms with Crippen LogP contribution in [0.1, 0.15) is 5.76 Å². The predicted molar refractivity (Wildman–Crippen MR) is 85.1 cm³/mol. The molecule has 0 amide bonds. The summed E-state index contributed by atoms with van der Waals surface area (Å²) in [5.41, 5.74) is 0. The van der Waals surface area contributed by atoms with Gasteiger partial charge in [-0.25, -0.2) is 9.97 Å². The van der Waals surface area contributed by atoms with Crippen LogP contribution in [-0.2, 0) is 6.54 Å². The van der Waals surface area contributed by atoms with Gasteiger partial charge in [-0.3, -0.25) is 9.97 Å². The second-order valence-electron chi connectivity index (χ2n) is 3.82. The zero-order valence-electron chi connectivity index (χ0n) is 11.1. The van der Waals surface area contributed by atoms with E-state index in [1.54, 1.807) is 12.5 Å². The molecule has 9 heteroatoms. The average molecular weight is 359 g/mol. The quantitative estimate of drug-likeness (QED) is 0.759. The molecule has 0 atom stereocenters. The third kappa shape index (κ3) is 5.85. The molecular weight excluding hydrogens is 349 g/mol. The molecule has 0 bridgehead atoms. The highest BCUT2D eigenvalue weighted by Gasteiger charge is 1.98. The van der Waals surface area contributed by atoms with Crippen molar-refractivity contribution in [3.8, 4) is 0 Å². The van der Waals surface area contributed by atoms with E-state index in [9.17, 15) is 0 Å². The van der Waals surface area contributed by atoms with E-state index in [0.29, 0.717) is 27.8 Å². The summed E-state index contributed by atoms with van der Waals surface area (Å²) in [7, 11) is 0. The first-order valence-electron chi connectivity index (χ1n) is 6.00. The highest BCUT2D eigenvalue weighted by atomic mass is 35.5. The fourth-order valence-electron chi connectivity index (χ4n) is 1.34. The Hall–Kier alpha value is -1.89. The molecule has 0 fully saturated rings. The first-order chi connectivity index (χ1) is 10.6. The van der Waals surface area contributed by atoms with Gasteiger partial charge in [0.05, 0.1) is 37.6 Å². The number of anilines is 1.